The van der Waals surface area contributed by atoms with Crippen LogP contribution in [0.25, 0.3) is 78.0 Å². The second-order valence-electron chi connectivity index (χ2n) is 10.9. The summed E-state index contributed by atoms with van der Waals surface area (Å²) in [6.45, 7) is 0. The third-order valence-corrected chi connectivity index (χ3v) is 8.09. The highest BCUT2D eigenvalue weighted by molar-refractivity contribution is 5.97. The van der Waals surface area contributed by atoms with Gasteiger partial charge >= 0.3 is 0 Å². The van der Waals surface area contributed by atoms with Gasteiger partial charge < -0.3 is 0 Å². The van der Waals surface area contributed by atoms with Crippen LogP contribution in [0.4, 0.5) is 0 Å². The average molecular weight is 562 g/mol. The van der Waals surface area contributed by atoms with Crippen LogP contribution in [0.3, 0.4) is 0 Å². The van der Waals surface area contributed by atoms with E-state index in [0.29, 0.717) is 17.5 Å². The molecule has 0 amide bonds. The van der Waals surface area contributed by atoms with Gasteiger partial charge in [0.2, 0.25) is 0 Å². The number of hydrogen-bond donors (Lipinski definition) is 0. The van der Waals surface area contributed by atoms with Crippen LogP contribution in [-0.2, 0) is 0 Å². The van der Waals surface area contributed by atoms with Crippen molar-refractivity contribution < 1.29 is 0 Å². The maximum absolute atomic E-state index is 5.26. The molecule has 0 aliphatic heterocycles. The predicted molar refractivity (Wildman–Crippen MR) is 182 cm³/mol. The number of nitrogens with zero attached hydrogens (tertiary/aromatic N) is 3. The molecule has 0 aliphatic carbocycles. The van der Waals surface area contributed by atoms with Crippen LogP contribution in [0, 0.1) is 0 Å². The van der Waals surface area contributed by atoms with Crippen LogP contribution in [0.1, 0.15) is 0 Å². The summed E-state index contributed by atoms with van der Waals surface area (Å²) in [5, 5.41) is 4.63. The van der Waals surface area contributed by atoms with Crippen molar-refractivity contribution in [1.29, 1.82) is 0 Å². The molecule has 1 heterocycles. The summed E-state index contributed by atoms with van der Waals surface area (Å²) < 4.78 is 0. The fourth-order valence-electron chi connectivity index (χ4n) is 5.90. The van der Waals surface area contributed by atoms with Gasteiger partial charge in [-0.05, 0) is 68.1 Å². The minimum absolute atomic E-state index is 0.643. The van der Waals surface area contributed by atoms with Crippen LogP contribution in [0.2, 0.25) is 0 Å². The fraction of sp³-hybridized carbons (Fsp3) is 0. The van der Waals surface area contributed by atoms with Crippen LogP contribution in [0.5, 0.6) is 0 Å². The first-order valence-electron chi connectivity index (χ1n) is 14.8. The van der Waals surface area contributed by atoms with E-state index in [-0.39, 0.29) is 0 Å². The maximum Gasteiger partial charge on any atom is 0.164 e. The summed E-state index contributed by atoms with van der Waals surface area (Å²) >= 11 is 0. The first-order chi connectivity index (χ1) is 21.8. The molecule has 0 atom stereocenters. The van der Waals surface area contributed by atoms with Crippen molar-refractivity contribution in [3.8, 4) is 56.4 Å². The maximum atomic E-state index is 5.26. The molecule has 3 heteroatoms. The molecule has 0 fully saturated rings. The summed E-state index contributed by atoms with van der Waals surface area (Å²) in [7, 11) is 0. The van der Waals surface area contributed by atoms with Gasteiger partial charge in [-0.3, -0.25) is 0 Å². The summed E-state index contributed by atoms with van der Waals surface area (Å²) in [5.74, 6) is 1.93. The van der Waals surface area contributed by atoms with Gasteiger partial charge in [0.15, 0.2) is 17.5 Å². The molecule has 0 radical (unpaired) electrons. The quantitative estimate of drug-likeness (QED) is 0.210. The lowest BCUT2D eigenvalue weighted by molar-refractivity contribution is 1.08. The Bertz CT molecular complexity index is 2120. The summed E-state index contributed by atoms with van der Waals surface area (Å²) in [4.78, 5) is 15.5. The van der Waals surface area contributed by atoms with Crippen molar-refractivity contribution in [3.63, 3.8) is 0 Å². The highest BCUT2D eigenvalue weighted by Crippen LogP contribution is 2.38. The Morgan fingerprint density at radius 2 is 0.545 bits per heavy atom. The molecule has 44 heavy (non-hydrogen) atoms. The minimum Gasteiger partial charge on any atom is -0.208 e. The highest BCUT2D eigenvalue weighted by Gasteiger charge is 2.19. The lowest BCUT2D eigenvalue weighted by Gasteiger charge is -2.15. The Kier molecular flexibility index (Phi) is 6.47. The normalized spacial score (nSPS) is 11.2. The monoisotopic (exact) mass is 561 g/mol. The number of benzene rings is 7. The molecule has 0 saturated heterocycles. The third-order valence-electron chi connectivity index (χ3n) is 8.09. The second kappa shape index (κ2) is 11.0. The molecule has 206 valence electrons. The zero-order valence-electron chi connectivity index (χ0n) is 23.9. The fourth-order valence-corrected chi connectivity index (χ4v) is 5.90. The standard InChI is InChI=1S/C41H27N3/c1-4-14-28(15-5-1)35-24-31-20-10-12-22-33(31)26-37(35)40-42-39(30-18-8-3-9-19-30)43-41(44-40)38-27-34-23-13-11-21-32(34)25-36(38)29-16-6-2-7-17-29/h1-27H. The molecule has 3 nitrogen and oxygen atoms in total. The molecule has 0 aliphatic rings. The first kappa shape index (κ1) is 25.8. The van der Waals surface area contributed by atoms with Gasteiger partial charge in [0.05, 0.1) is 0 Å². The van der Waals surface area contributed by atoms with E-state index >= 15 is 0 Å². The van der Waals surface area contributed by atoms with Crippen LogP contribution < -0.4 is 0 Å². The molecular weight excluding hydrogens is 534 g/mol. The summed E-state index contributed by atoms with van der Waals surface area (Å²) in [5.41, 5.74) is 7.29. The second-order valence-corrected chi connectivity index (χ2v) is 10.9. The van der Waals surface area contributed by atoms with Crippen LogP contribution in [-0.4, -0.2) is 15.0 Å². The molecule has 0 spiro atoms. The number of fused-ring (bicyclic) bond motifs is 2. The third kappa shape index (κ3) is 4.81. The van der Waals surface area contributed by atoms with Crippen LogP contribution in [0.15, 0.2) is 164 Å². The predicted octanol–water partition coefficient (Wildman–Crippen LogP) is 10.5. The Morgan fingerprint density at radius 1 is 0.250 bits per heavy atom. The van der Waals surface area contributed by atoms with Gasteiger partial charge in [0.1, 0.15) is 0 Å². The number of rotatable bonds is 5. The topological polar surface area (TPSA) is 38.7 Å². The minimum atomic E-state index is 0.643. The Balaban J connectivity index is 1.44. The Hall–Kier alpha value is -5.93. The van der Waals surface area contributed by atoms with E-state index < -0.39 is 0 Å². The summed E-state index contributed by atoms with van der Waals surface area (Å²) in [6.07, 6.45) is 0. The van der Waals surface area contributed by atoms with Gasteiger partial charge in [0.25, 0.3) is 0 Å². The zero-order valence-corrected chi connectivity index (χ0v) is 23.9. The van der Waals surface area contributed by atoms with E-state index in [2.05, 4.69) is 133 Å². The molecule has 0 bridgehead atoms. The molecule has 7 aromatic carbocycles. The van der Waals surface area contributed by atoms with Gasteiger partial charge in [0, 0.05) is 16.7 Å². The Labute approximate surface area is 256 Å². The molecule has 8 aromatic rings. The smallest absolute Gasteiger partial charge is 0.164 e. The first-order valence-corrected chi connectivity index (χ1v) is 14.8. The molecule has 0 unspecified atom stereocenters. The van der Waals surface area contributed by atoms with E-state index in [4.69, 9.17) is 15.0 Å². The zero-order chi connectivity index (χ0) is 29.3. The van der Waals surface area contributed by atoms with E-state index in [1.165, 1.54) is 10.8 Å². The highest BCUT2D eigenvalue weighted by atomic mass is 15.0. The summed E-state index contributed by atoms with van der Waals surface area (Å²) in [6, 6.07) is 56.9. The molecule has 0 saturated carbocycles. The van der Waals surface area contributed by atoms with E-state index in [0.717, 1.165) is 49.7 Å². The van der Waals surface area contributed by atoms with Crippen molar-refractivity contribution in [2.75, 3.05) is 0 Å². The van der Waals surface area contributed by atoms with E-state index in [1.807, 2.05) is 30.3 Å². The molecule has 8 rings (SSSR count). The van der Waals surface area contributed by atoms with E-state index in [1.54, 1.807) is 0 Å². The average Bonchev–Trinajstić information content (AvgIpc) is 3.11. The van der Waals surface area contributed by atoms with Crippen molar-refractivity contribution in [3.05, 3.63) is 164 Å². The van der Waals surface area contributed by atoms with Crippen LogP contribution >= 0.6 is 0 Å². The largest absolute Gasteiger partial charge is 0.208 e. The number of aromatic nitrogens is 3. The van der Waals surface area contributed by atoms with Crippen molar-refractivity contribution in [1.82, 2.24) is 15.0 Å². The van der Waals surface area contributed by atoms with Gasteiger partial charge in [-0.1, -0.05) is 140 Å². The van der Waals surface area contributed by atoms with E-state index in [9.17, 15) is 0 Å². The van der Waals surface area contributed by atoms with Gasteiger partial charge in [-0.2, -0.15) is 0 Å². The molecular formula is C41H27N3. The lowest BCUT2D eigenvalue weighted by Crippen LogP contribution is -2.02. The van der Waals surface area contributed by atoms with Gasteiger partial charge in [-0.25, -0.2) is 15.0 Å². The lowest BCUT2D eigenvalue weighted by atomic mass is 9.94. The van der Waals surface area contributed by atoms with Crippen molar-refractivity contribution in [2.45, 2.75) is 0 Å². The molecule has 1 aromatic heterocycles. The SMILES string of the molecule is c1ccc(-c2nc(-c3cc4ccccc4cc3-c3ccccc3)nc(-c3cc4ccccc4cc3-c3ccccc3)n2)cc1. The Morgan fingerprint density at radius 3 is 0.932 bits per heavy atom. The van der Waals surface area contributed by atoms with Gasteiger partial charge in [-0.15, -0.1) is 0 Å². The van der Waals surface area contributed by atoms with Crippen molar-refractivity contribution >= 4 is 21.5 Å². The molecule has 0 N–H and O–H groups in total. The van der Waals surface area contributed by atoms with Crippen molar-refractivity contribution in [2.24, 2.45) is 0 Å². The number of hydrogen-bond acceptors (Lipinski definition) is 3.